The SMILES string of the molecule is CC1(C)c2ccccc2-c2c1ccc1c2N(C2=CC=CCC2)c2ccc(-c3ccc4c5ccccc5c5ccccc5c4c3)cc2C1(C)C. The van der Waals surface area contributed by atoms with Gasteiger partial charge in [0.15, 0.2) is 0 Å². The molecule has 0 radical (unpaired) electrons. The summed E-state index contributed by atoms with van der Waals surface area (Å²) in [5.74, 6) is 0. The Labute approximate surface area is 288 Å². The summed E-state index contributed by atoms with van der Waals surface area (Å²) < 4.78 is 0. The second kappa shape index (κ2) is 10.1. The molecule has 2 aliphatic carbocycles. The molecule has 236 valence electrons. The largest absolute Gasteiger partial charge is 0.313 e. The highest BCUT2D eigenvalue weighted by Crippen LogP contribution is 2.60. The van der Waals surface area contributed by atoms with Crippen LogP contribution in [0, 0.1) is 0 Å². The fraction of sp³-hybridized carbons (Fsp3) is 0.167. The Morgan fingerprint density at radius 1 is 0.510 bits per heavy atom. The van der Waals surface area contributed by atoms with Gasteiger partial charge in [-0.25, -0.2) is 0 Å². The standard InChI is InChI=1S/C48H39N/c1-47(2)40-21-13-12-20-38(40)45-41(47)25-26-42-46(45)49(32-14-6-5-7-15-32)44-27-23-31(29-43(44)48(42,3)4)30-22-24-37-35-18-9-8-16-33(35)34-17-10-11-19-36(34)39(37)28-30/h5-6,8-14,16-29H,7,15H2,1-4H3. The highest BCUT2D eigenvalue weighted by Gasteiger charge is 2.44. The van der Waals surface area contributed by atoms with Crippen LogP contribution < -0.4 is 4.90 Å². The van der Waals surface area contributed by atoms with Gasteiger partial charge >= 0.3 is 0 Å². The Bertz CT molecular complexity index is 2570. The van der Waals surface area contributed by atoms with Crippen LogP contribution in [0.25, 0.3) is 54.6 Å². The van der Waals surface area contributed by atoms with E-state index in [1.807, 2.05) is 0 Å². The highest BCUT2D eigenvalue weighted by molar-refractivity contribution is 6.25. The van der Waals surface area contributed by atoms with Crippen molar-refractivity contribution in [1.29, 1.82) is 0 Å². The molecule has 0 amide bonds. The van der Waals surface area contributed by atoms with E-state index in [1.165, 1.54) is 93.9 Å². The molecule has 0 saturated carbocycles. The van der Waals surface area contributed by atoms with Gasteiger partial charge in [-0.3, -0.25) is 0 Å². The van der Waals surface area contributed by atoms with Crippen LogP contribution in [0.15, 0.2) is 145 Å². The zero-order valence-electron chi connectivity index (χ0n) is 28.6. The summed E-state index contributed by atoms with van der Waals surface area (Å²) in [6.07, 6.45) is 8.97. The van der Waals surface area contributed by atoms with Gasteiger partial charge in [-0.1, -0.05) is 143 Å². The van der Waals surface area contributed by atoms with E-state index in [0.717, 1.165) is 12.8 Å². The van der Waals surface area contributed by atoms with Crippen molar-refractivity contribution in [3.63, 3.8) is 0 Å². The number of nitrogens with zero attached hydrogens (tertiary/aromatic N) is 1. The summed E-state index contributed by atoms with van der Waals surface area (Å²) in [6.45, 7) is 9.64. The molecule has 0 N–H and O–H groups in total. The summed E-state index contributed by atoms with van der Waals surface area (Å²) in [5, 5.41) is 7.88. The summed E-state index contributed by atoms with van der Waals surface area (Å²) in [6, 6.07) is 46.0. The number of allylic oxidation sites excluding steroid dienone is 4. The molecule has 7 aromatic rings. The molecule has 10 rings (SSSR count). The third-order valence-corrected chi connectivity index (χ3v) is 11.9. The smallest absolute Gasteiger partial charge is 0.0581 e. The third-order valence-electron chi connectivity index (χ3n) is 11.9. The minimum absolute atomic E-state index is 0.0483. The van der Waals surface area contributed by atoms with Crippen molar-refractivity contribution in [3.05, 3.63) is 168 Å². The lowest BCUT2D eigenvalue weighted by Crippen LogP contribution is -2.33. The quantitative estimate of drug-likeness (QED) is 0.172. The van der Waals surface area contributed by atoms with Gasteiger partial charge in [-0.15, -0.1) is 0 Å². The Morgan fingerprint density at radius 3 is 1.82 bits per heavy atom. The Balaban J connectivity index is 1.21. The zero-order valence-corrected chi connectivity index (χ0v) is 28.6. The first-order valence-corrected chi connectivity index (χ1v) is 17.8. The van der Waals surface area contributed by atoms with E-state index in [0.29, 0.717) is 0 Å². The lowest BCUT2D eigenvalue weighted by molar-refractivity contribution is 0.624. The number of anilines is 2. The highest BCUT2D eigenvalue weighted by atomic mass is 15.2. The molecule has 0 bridgehead atoms. The van der Waals surface area contributed by atoms with Crippen molar-refractivity contribution >= 4 is 43.7 Å². The van der Waals surface area contributed by atoms with Crippen LogP contribution in [0.1, 0.15) is 62.8 Å². The molecule has 7 aromatic carbocycles. The maximum Gasteiger partial charge on any atom is 0.0581 e. The Morgan fingerprint density at radius 2 is 1.10 bits per heavy atom. The minimum atomic E-state index is -0.196. The van der Waals surface area contributed by atoms with Crippen LogP contribution in [0.2, 0.25) is 0 Å². The second-order valence-electron chi connectivity index (χ2n) is 15.2. The first-order chi connectivity index (χ1) is 23.8. The number of hydrogen-bond acceptors (Lipinski definition) is 1. The minimum Gasteiger partial charge on any atom is -0.313 e. The normalized spacial score (nSPS) is 16.7. The van der Waals surface area contributed by atoms with Gasteiger partial charge in [0, 0.05) is 27.8 Å². The van der Waals surface area contributed by atoms with Crippen molar-refractivity contribution in [2.24, 2.45) is 0 Å². The average Bonchev–Trinajstić information content (AvgIpc) is 3.38. The molecule has 1 heteroatoms. The van der Waals surface area contributed by atoms with Gasteiger partial charge in [-0.05, 0) is 108 Å². The number of fused-ring (bicyclic) bond motifs is 12. The number of rotatable bonds is 2. The summed E-state index contributed by atoms with van der Waals surface area (Å²) in [4.78, 5) is 2.63. The van der Waals surface area contributed by atoms with Crippen molar-refractivity contribution < 1.29 is 0 Å². The van der Waals surface area contributed by atoms with Crippen LogP contribution >= 0.6 is 0 Å². The fourth-order valence-electron chi connectivity index (χ4n) is 9.35. The zero-order chi connectivity index (χ0) is 33.1. The van der Waals surface area contributed by atoms with Crippen LogP contribution in [-0.4, -0.2) is 0 Å². The molecule has 49 heavy (non-hydrogen) atoms. The maximum absolute atomic E-state index is 2.63. The van der Waals surface area contributed by atoms with Gasteiger partial charge < -0.3 is 4.90 Å². The van der Waals surface area contributed by atoms with Gasteiger partial charge in [0.05, 0.1) is 5.69 Å². The van der Waals surface area contributed by atoms with Crippen molar-refractivity contribution in [2.45, 2.75) is 51.4 Å². The molecule has 1 nitrogen and oxygen atoms in total. The lowest BCUT2D eigenvalue weighted by atomic mass is 9.70. The third kappa shape index (κ3) is 3.88. The first kappa shape index (κ1) is 28.6. The van der Waals surface area contributed by atoms with Crippen LogP contribution in [0.4, 0.5) is 11.4 Å². The Kier molecular flexibility index (Phi) is 5.87. The molecular weight excluding hydrogens is 591 g/mol. The molecule has 0 saturated heterocycles. The molecule has 1 aliphatic heterocycles. The predicted molar refractivity (Wildman–Crippen MR) is 209 cm³/mol. The van der Waals surface area contributed by atoms with Crippen molar-refractivity contribution in [2.75, 3.05) is 4.90 Å². The number of benzene rings is 7. The van der Waals surface area contributed by atoms with Crippen molar-refractivity contribution in [3.8, 4) is 22.3 Å². The van der Waals surface area contributed by atoms with Crippen LogP contribution in [0.3, 0.4) is 0 Å². The van der Waals surface area contributed by atoms with Gasteiger partial charge in [0.2, 0.25) is 0 Å². The predicted octanol–water partition coefficient (Wildman–Crippen LogP) is 13.1. The molecule has 0 unspecified atom stereocenters. The van der Waals surface area contributed by atoms with Crippen molar-refractivity contribution in [1.82, 2.24) is 0 Å². The van der Waals surface area contributed by atoms with E-state index in [4.69, 9.17) is 0 Å². The first-order valence-electron chi connectivity index (χ1n) is 17.8. The van der Waals surface area contributed by atoms with E-state index in [2.05, 4.69) is 172 Å². The van der Waals surface area contributed by atoms with E-state index >= 15 is 0 Å². The lowest BCUT2D eigenvalue weighted by Gasteiger charge is -2.44. The molecular formula is C48H39N. The monoisotopic (exact) mass is 629 g/mol. The topological polar surface area (TPSA) is 3.24 Å². The van der Waals surface area contributed by atoms with E-state index in [1.54, 1.807) is 0 Å². The van der Waals surface area contributed by atoms with E-state index in [-0.39, 0.29) is 10.8 Å². The molecule has 0 aromatic heterocycles. The molecule has 0 fully saturated rings. The molecule has 3 aliphatic rings. The average molecular weight is 630 g/mol. The van der Waals surface area contributed by atoms with E-state index in [9.17, 15) is 0 Å². The van der Waals surface area contributed by atoms with Gasteiger partial charge in [0.1, 0.15) is 0 Å². The second-order valence-corrected chi connectivity index (χ2v) is 15.2. The van der Waals surface area contributed by atoms with Gasteiger partial charge in [0.25, 0.3) is 0 Å². The molecule has 1 heterocycles. The summed E-state index contributed by atoms with van der Waals surface area (Å²) in [7, 11) is 0. The molecule has 0 spiro atoms. The summed E-state index contributed by atoms with van der Waals surface area (Å²) >= 11 is 0. The Hall–Kier alpha value is -5.40. The molecule has 0 atom stereocenters. The van der Waals surface area contributed by atoms with Crippen LogP contribution in [0.5, 0.6) is 0 Å². The maximum atomic E-state index is 2.63. The summed E-state index contributed by atoms with van der Waals surface area (Å²) in [5.41, 5.74) is 14.7. The van der Waals surface area contributed by atoms with Gasteiger partial charge in [-0.2, -0.15) is 0 Å². The van der Waals surface area contributed by atoms with E-state index < -0.39 is 0 Å². The fourth-order valence-corrected chi connectivity index (χ4v) is 9.35. The number of hydrogen-bond donors (Lipinski definition) is 0. The van der Waals surface area contributed by atoms with Crippen LogP contribution in [-0.2, 0) is 10.8 Å².